The van der Waals surface area contributed by atoms with E-state index in [1.54, 1.807) is 0 Å². The monoisotopic (exact) mass is 358 g/mol. The number of carboxylic acid groups (broad SMARTS) is 1. The van der Waals surface area contributed by atoms with Crippen LogP contribution in [0.1, 0.15) is 10.4 Å². The Balaban J connectivity index is 0. The second kappa shape index (κ2) is 9.02. The van der Waals surface area contributed by atoms with E-state index >= 15 is 0 Å². The van der Waals surface area contributed by atoms with E-state index in [0.717, 1.165) is 0 Å². The molecular formula is C7H6Na2O10P2. The summed E-state index contributed by atoms with van der Waals surface area (Å²) in [4.78, 5) is 48.6. The topological polar surface area (TPSA) is 176 Å². The Morgan fingerprint density at radius 3 is 1.52 bits per heavy atom. The van der Waals surface area contributed by atoms with Crippen LogP contribution in [-0.2, 0) is 9.13 Å². The Kier molecular flexibility index (Phi) is 10.2. The summed E-state index contributed by atoms with van der Waals surface area (Å²) in [5, 5.41) is 8.70. The van der Waals surface area contributed by atoms with E-state index in [1.165, 1.54) is 0 Å². The minimum Gasteiger partial charge on any atom is -0.746 e. The summed E-state index contributed by atoms with van der Waals surface area (Å²) >= 11 is 0. The van der Waals surface area contributed by atoms with Crippen LogP contribution in [0.5, 0.6) is 11.5 Å². The van der Waals surface area contributed by atoms with Gasteiger partial charge in [-0.25, -0.2) is 4.79 Å². The molecule has 2 atom stereocenters. The van der Waals surface area contributed by atoms with Crippen LogP contribution in [0.4, 0.5) is 0 Å². The van der Waals surface area contributed by atoms with Crippen LogP contribution in [0.25, 0.3) is 0 Å². The van der Waals surface area contributed by atoms with E-state index in [9.17, 15) is 23.7 Å². The van der Waals surface area contributed by atoms with Crippen LogP contribution in [0.3, 0.4) is 0 Å². The van der Waals surface area contributed by atoms with Crippen molar-refractivity contribution in [3.63, 3.8) is 0 Å². The number of carbonyl (C=O) groups is 1. The van der Waals surface area contributed by atoms with Gasteiger partial charge in [0.05, 0.1) is 5.56 Å². The first kappa shape index (κ1) is 23.9. The molecule has 0 aromatic heterocycles. The van der Waals surface area contributed by atoms with E-state index in [2.05, 4.69) is 9.05 Å². The maximum atomic E-state index is 10.7. The zero-order valence-electron chi connectivity index (χ0n) is 10.8. The summed E-state index contributed by atoms with van der Waals surface area (Å²) in [7, 11) is -10.4. The minimum atomic E-state index is -5.22. The molecule has 1 aromatic carbocycles. The second-order valence-corrected chi connectivity index (χ2v) is 5.36. The van der Waals surface area contributed by atoms with Gasteiger partial charge in [0.1, 0.15) is 11.5 Å². The van der Waals surface area contributed by atoms with E-state index in [0.29, 0.717) is 18.2 Å². The van der Waals surface area contributed by atoms with E-state index in [1.807, 2.05) is 0 Å². The van der Waals surface area contributed by atoms with Crippen molar-refractivity contribution in [2.75, 3.05) is 0 Å². The van der Waals surface area contributed by atoms with Gasteiger partial charge in [-0.2, -0.15) is 0 Å². The van der Waals surface area contributed by atoms with Gasteiger partial charge in [-0.1, -0.05) is 0 Å². The third kappa shape index (κ3) is 10.1. The molecule has 1 rings (SSSR count). The molecule has 0 spiro atoms. The zero-order valence-corrected chi connectivity index (χ0v) is 16.6. The van der Waals surface area contributed by atoms with E-state index in [-0.39, 0.29) is 59.1 Å². The molecule has 10 nitrogen and oxygen atoms in total. The predicted molar refractivity (Wildman–Crippen MR) is 54.3 cm³/mol. The van der Waals surface area contributed by atoms with Crippen molar-refractivity contribution in [1.29, 1.82) is 0 Å². The molecule has 0 aliphatic rings. The number of hydrogen-bond acceptors (Lipinski definition) is 7. The van der Waals surface area contributed by atoms with Crippen molar-refractivity contribution in [2.45, 2.75) is 0 Å². The Labute approximate surface area is 162 Å². The molecule has 106 valence electrons. The maximum Gasteiger partial charge on any atom is 1.00 e. The van der Waals surface area contributed by atoms with Crippen molar-refractivity contribution in [1.82, 2.24) is 0 Å². The van der Waals surface area contributed by atoms with Gasteiger partial charge < -0.3 is 33.7 Å². The first-order valence-corrected chi connectivity index (χ1v) is 7.30. The third-order valence-electron chi connectivity index (χ3n) is 1.57. The van der Waals surface area contributed by atoms with Crippen molar-refractivity contribution < 1.29 is 107 Å². The van der Waals surface area contributed by atoms with Crippen molar-refractivity contribution in [3.8, 4) is 11.5 Å². The third-order valence-corrected chi connectivity index (χ3v) is 2.45. The number of phosphoric ester groups is 2. The Morgan fingerprint density at radius 2 is 1.29 bits per heavy atom. The van der Waals surface area contributed by atoms with Crippen LogP contribution in [0, 0.1) is 0 Å². The molecular weight excluding hydrogens is 352 g/mol. The fraction of sp³-hybridized carbons (Fsp3) is 0. The standard InChI is InChI=1S/C7H8O10P2.2Na/c8-7(9)4-1-5(16-18(10,11)12)3-6(2-4)17-19(13,14)15;;/h1-3H,(H,8,9)(H2,10,11,12)(H2,13,14,15);;/q;2*+1/p-2. The number of benzene rings is 1. The number of hydrogen-bond donors (Lipinski definition) is 3. The number of rotatable bonds is 5. The number of aromatic carboxylic acids is 1. The summed E-state index contributed by atoms with van der Waals surface area (Å²) in [6.45, 7) is 0. The second-order valence-electron chi connectivity index (χ2n) is 3.12. The molecule has 0 saturated carbocycles. The first-order valence-electron chi connectivity index (χ1n) is 4.31. The fourth-order valence-corrected chi connectivity index (χ4v) is 1.81. The van der Waals surface area contributed by atoms with Crippen LogP contribution in [0.15, 0.2) is 18.2 Å². The smallest absolute Gasteiger partial charge is 0.746 e. The average molecular weight is 358 g/mol. The molecule has 14 heteroatoms. The molecule has 3 N–H and O–H groups in total. The molecule has 0 amide bonds. The molecule has 0 heterocycles. The molecule has 0 aliphatic heterocycles. The van der Waals surface area contributed by atoms with Gasteiger partial charge in [0, 0.05) is 6.07 Å². The van der Waals surface area contributed by atoms with Gasteiger partial charge in [-0.05, 0) is 12.1 Å². The molecule has 0 saturated heterocycles. The molecule has 2 unspecified atom stereocenters. The van der Waals surface area contributed by atoms with Crippen molar-refractivity contribution >= 4 is 21.6 Å². The van der Waals surface area contributed by atoms with Gasteiger partial charge in [0.25, 0.3) is 0 Å². The number of carboxylic acids is 1. The largest absolute Gasteiger partial charge is 1.00 e. The van der Waals surface area contributed by atoms with Crippen molar-refractivity contribution in [2.24, 2.45) is 0 Å². The minimum absolute atomic E-state index is 0. The zero-order chi connectivity index (χ0) is 14.8. The SMILES string of the molecule is O=C(O)c1cc(OP(=O)([O-])O)cc(OP(=O)([O-])O)c1.[Na+].[Na+]. The van der Waals surface area contributed by atoms with Crippen LogP contribution in [-0.4, -0.2) is 20.9 Å². The molecule has 0 aliphatic carbocycles. The van der Waals surface area contributed by atoms with Gasteiger partial charge in [0.2, 0.25) is 0 Å². The van der Waals surface area contributed by atoms with E-state index < -0.39 is 38.7 Å². The summed E-state index contributed by atoms with van der Waals surface area (Å²) in [5.74, 6) is -2.96. The van der Waals surface area contributed by atoms with Gasteiger partial charge >= 0.3 is 80.7 Å². The summed E-state index contributed by atoms with van der Waals surface area (Å²) in [6, 6.07) is 2.04. The van der Waals surface area contributed by atoms with Gasteiger partial charge in [-0.3, -0.25) is 9.13 Å². The Morgan fingerprint density at radius 1 is 0.952 bits per heavy atom. The fourth-order valence-electron chi connectivity index (χ4n) is 1.07. The Bertz CT molecular complexity index is 551. The summed E-state index contributed by atoms with van der Waals surface area (Å²) < 4.78 is 28.9. The van der Waals surface area contributed by atoms with Crippen LogP contribution in [0.2, 0.25) is 0 Å². The van der Waals surface area contributed by atoms with Gasteiger partial charge in [-0.15, -0.1) is 0 Å². The van der Waals surface area contributed by atoms with Gasteiger partial charge in [0.15, 0.2) is 0 Å². The quantitative estimate of drug-likeness (QED) is 0.338. The molecule has 1 aromatic rings. The number of phosphoric acid groups is 2. The molecule has 0 bridgehead atoms. The van der Waals surface area contributed by atoms with Crippen LogP contribution >= 0.6 is 15.6 Å². The Hall–Kier alpha value is 0.590. The van der Waals surface area contributed by atoms with Crippen LogP contribution < -0.4 is 77.9 Å². The normalized spacial score (nSPS) is 15.4. The molecule has 0 fully saturated rings. The molecule has 0 radical (unpaired) electrons. The predicted octanol–water partition coefficient (Wildman–Crippen LogP) is -6.93. The first-order chi connectivity index (χ1) is 8.46. The average Bonchev–Trinajstić information content (AvgIpc) is 2.10. The summed E-state index contributed by atoms with van der Waals surface area (Å²) in [6.07, 6.45) is 0. The van der Waals surface area contributed by atoms with Crippen molar-refractivity contribution in [3.05, 3.63) is 23.8 Å². The maximum absolute atomic E-state index is 10.7. The molecule has 21 heavy (non-hydrogen) atoms. The summed E-state index contributed by atoms with van der Waals surface area (Å²) in [5.41, 5.74) is -0.589. The van der Waals surface area contributed by atoms with E-state index in [4.69, 9.17) is 14.9 Å².